The normalized spacial score (nSPS) is 16.4. The maximum Gasteiger partial charge on any atom is 0.120 e. The summed E-state index contributed by atoms with van der Waals surface area (Å²) in [6, 6.07) is 19.5. The fourth-order valence-corrected chi connectivity index (χ4v) is 4.32. The van der Waals surface area contributed by atoms with Crippen molar-refractivity contribution in [3.8, 4) is 11.8 Å². The van der Waals surface area contributed by atoms with Crippen LogP contribution in [0.1, 0.15) is 22.9 Å². The number of aliphatic hydroxyl groups is 1. The average molecular weight is 483 g/mol. The second-order valence-electron chi connectivity index (χ2n) is 7.83. The monoisotopic (exact) mass is 482 g/mol. The van der Waals surface area contributed by atoms with Gasteiger partial charge >= 0.3 is 0 Å². The molecule has 0 radical (unpaired) electrons. The highest BCUT2D eigenvalue weighted by atomic mass is 35.5. The summed E-state index contributed by atoms with van der Waals surface area (Å²) in [6.07, 6.45) is 1.67. The van der Waals surface area contributed by atoms with Gasteiger partial charge in [-0.05, 0) is 48.0 Å². The summed E-state index contributed by atoms with van der Waals surface area (Å²) in [5.41, 5.74) is 3.48. The molecule has 0 aliphatic carbocycles. The van der Waals surface area contributed by atoms with Gasteiger partial charge in [0.2, 0.25) is 0 Å². The highest BCUT2D eigenvalue weighted by Gasteiger charge is 2.30. The Labute approximate surface area is 203 Å². The Morgan fingerprint density at radius 2 is 1.85 bits per heavy atom. The summed E-state index contributed by atoms with van der Waals surface area (Å²) in [4.78, 5) is 9.07. The van der Waals surface area contributed by atoms with E-state index in [-0.39, 0.29) is 19.3 Å². The molecule has 1 saturated heterocycles. The molecule has 6 nitrogen and oxygen atoms in total. The minimum Gasteiger partial charge on any atom is -0.491 e. The molecule has 4 rings (SSSR count). The van der Waals surface area contributed by atoms with E-state index in [1.807, 2.05) is 48.5 Å². The SMILES string of the molecule is N#Cc1cc(OCCO)ccc1N1CCN(Cc2ccc(Cl)cn2)C[C@H]1c1ccc(Cl)cc1. The van der Waals surface area contributed by atoms with Crippen molar-refractivity contribution in [2.75, 3.05) is 37.7 Å². The average Bonchev–Trinajstić information content (AvgIpc) is 2.84. The van der Waals surface area contributed by atoms with Crippen LogP contribution in [-0.2, 0) is 6.54 Å². The molecule has 1 atom stereocenters. The van der Waals surface area contributed by atoms with Gasteiger partial charge in [0.1, 0.15) is 18.4 Å². The molecule has 0 bridgehead atoms. The lowest BCUT2D eigenvalue weighted by molar-refractivity contribution is 0.201. The van der Waals surface area contributed by atoms with Crippen LogP contribution >= 0.6 is 23.2 Å². The maximum absolute atomic E-state index is 9.83. The predicted octanol–water partition coefficient (Wildman–Crippen LogP) is 4.69. The fraction of sp³-hybridized carbons (Fsp3) is 0.280. The number of pyridine rings is 1. The number of benzene rings is 2. The van der Waals surface area contributed by atoms with E-state index < -0.39 is 0 Å². The van der Waals surface area contributed by atoms with E-state index in [2.05, 4.69) is 20.9 Å². The van der Waals surface area contributed by atoms with Crippen molar-refractivity contribution in [2.45, 2.75) is 12.6 Å². The Bertz CT molecular complexity index is 1120. The topological polar surface area (TPSA) is 72.6 Å². The molecule has 1 aromatic heterocycles. The van der Waals surface area contributed by atoms with Crippen LogP contribution in [0, 0.1) is 11.3 Å². The number of hydrogen-bond donors (Lipinski definition) is 1. The lowest BCUT2D eigenvalue weighted by Gasteiger charge is -2.43. The Kier molecular flexibility index (Phi) is 7.69. The molecule has 2 heterocycles. The van der Waals surface area contributed by atoms with Gasteiger partial charge in [0.05, 0.1) is 34.6 Å². The van der Waals surface area contributed by atoms with Crippen molar-refractivity contribution < 1.29 is 9.84 Å². The third kappa shape index (κ3) is 5.76. The van der Waals surface area contributed by atoms with E-state index in [0.717, 1.165) is 36.6 Å². The van der Waals surface area contributed by atoms with Crippen LogP contribution in [0.3, 0.4) is 0 Å². The van der Waals surface area contributed by atoms with Crippen molar-refractivity contribution in [2.24, 2.45) is 0 Å². The first kappa shape index (κ1) is 23.3. The summed E-state index contributed by atoms with van der Waals surface area (Å²) >= 11 is 12.1. The molecular formula is C25H24Cl2N4O2. The van der Waals surface area contributed by atoms with Gasteiger partial charge in [0.15, 0.2) is 0 Å². The Morgan fingerprint density at radius 1 is 1.06 bits per heavy atom. The van der Waals surface area contributed by atoms with Gasteiger partial charge in [-0.1, -0.05) is 35.3 Å². The van der Waals surface area contributed by atoms with Gasteiger partial charge in [-0.25, -0.2) is 0 Å². The quantitative estimate of drug-likeness (QED) is 0.526. The first-order valence-corrected chi connectivity index (χ1v) is 11.5. The summed E-state index contributed by atoms with van der Waals surface area (Å²) in [5.74, 6) is 0.569. The van der Waals surface area contributed by atoms with Crippen LogP contribution in [-0.4, -0.2) is 47.8 Å². The van der Waals surface area contributed by atoms with Crippen LogP contribution in [0.5, 0.6) is 5.75 Å². The molecule has 0 unspecified atom stereocenters. The highest BCUT2D eigenvalue weighted by Crippen LogP contribution is 2.35. The zero-order valence-corrected chi connectivity index (χ0v) is 19.5. The molecule has 1 N–H and O–H groups in total. The summed E-state index contributed by atoms with van der Waals surface area (Å²) in [5, 5.41) is 20.2. The molecule has 170 valence electrons. The predicted molar refractivity (Wildman–Crippen MR) is 130 cm³/mol. The van der Waals surface area contributed by atoms with Gasteiger partial charge < -0.3 is 14.7 Å². The number of halogens is 2. The first-order chi connectivity index (χ1) is 16.1. The summed E-state index contributed by atoms with van der Waals surface area (Å²) in [6.45, 7) is 3.16. The number of hydrogen-bond acceptors (Lipinski definition) is 6. The second-order valence-corrected chi connectivity index (χ2v) is 8.70. The lowest BCUT2D eigenvalue weighted by Crippen LogP contribution is -2.48. The summed E-state index contributed by atoms with van der Waals surface area (Å²) < 4.78 is 5.50. The lowest BCUT2D eigenvalue weighted by atomic mass is 9.99. The van der Waals surface area contributed by atoms with Crippen LogP contribution in [0.25, 0.3) is 0 Å². The molecule has 0 saturated carbocycles. The largest absolute Gasteiger partial charge is 0.491 e. The molecule has 1 aliphatic heterocycles. The standard InChI is InChI=1S/C25H24Cl2N4O2/c26-20-3-1-18(2-4-20)25-17-30(16-22-6-5-21(27)15-29-22)9-10-31(25)24-8-7-23(33-12-11-32)13-19(24)14-28/h1-8,13,15,25,32H,9-12,16-17H2/t25-/m0/s1. The van der Waals surface area contributed by atoms with Crippen molar-refractivity contribution in [1.82, 2.24) is 9.88 Å². The van der Waals surface area contributed by atoms with Crippen LogP contribution < -0.4 is 9.64 Å². The third-order valence-corrected chi connectivity index (χ3v) is 6.13. The van der Waals surface area contributed by atoms with Gasteiger partial charge in [-0.15, -0.1) is 0 Å². The highest BCUT2D eigenvalue weighted by molar-refractivity contribution is 6.30. The van der Waals surface area contributed by atoms with Gasteiger partial charge in [0.25, 0.3) is 0 Å². The van der Waals surface area contributed by atoms with Crippen molar-refractivity contribution in [1.29, 1.82) is 5.26 Å². The molecule has 0 amide bonds. The Hall–Kier alpha value is -2.82. The molecule has 1 fully saturated rings. The molecule has 3 aromatic rings. The number of piperazine rings is 1. The van der Waals surface area contributed by atoms with E-state index in [1.54, 1.807) is 12.3 Å². The van der Waals surface area contributed by atoms with Gasteiger partial charge in [-0.3, -0.25) is 9.88 Å². The van der Waals surface area contributed by atoms with Crippen LogP contribution in [0.15, 0.2) is 60.8 Å². The molecule has 1 aliphatic rings. The fourth-order valence-electron chi connectivity index (χ4n) is 4.08. The van der Waals surface area contributed by atoms with Crippen LogP contribution in [0.4, 0.5) is 5.69 Å². The van der Waals surface area contributed by atoms with Crippen molar-refractivity contribution >= 4 is 28.9 Å². The summed E-state index contributed by atoms with van der Waals surface area (Å²) in [7, 11) is 0. The molecular weight excluding hydrogens is 459 g/mol. The number of nitrogens with zero attached hydrogens (tertiary/aromatic N) is 4. The van der Waals surface area contributed by atoms with E-state index in [1.165, 1.54) is 0 Å². The number of rotatable bonds is 7. The second kappa shape index (κ2) is 10.9. The van der Waals surface area contributed by atoms with Crippen LogP contribution in [0.2, 0.25) is 10.0 Å². The third-order valence-electron chi connectivity index (χ3n) is 5.65. The van der Waals surface area contributed by atoms with E-state index in [9.17, 15) is 5.26 Å². The van der Waals surface area contributed by atoms with E-state index in [0.29, 0.717) is 27.9 Å². The number of nitriles is 1. The molecule has 0 spiro atoms. The van der Waals surface area contributed by atoms with Crippen molar-refractivity contribution in [3.05, 3.63) is 87.7 Å². The minimum atomic E-state index is -0.0767. The zero-order valence-electron chi connectivity index (χ0n) is 18.0. The Morgan fingerprint density at radius 3 is 2.55 bits per heavy atom. The van der Waals surface area contributed by atoms with Gasteiger partial charge in [-0.2, -0.15) is 5.26 Å². The Balaban J connectivity index is 1.62. The maximum atomic E-state index is 9.83. The number of aromatic nitrogens is 1. The smallest absolute Gasteiger partial charge is 0.120 e. The van der Waals surface area contributed by atoms with E-state index in [4.69, 9.17) is 33.0 Å². The number of anilines is 1. The molecule has 2 aromatic carbocycles. The van der Waals surface area contributed by atoms with Gasteiger partial charge in [0, 0.05) is 37.4 Å². The minimum absolute atomic E-state index is 0.0274. The zero-order chi connectivity index (χ0) is 23.2. The van der Waals surface area contributed by atoms with Crippen molar-refractivity contribution in [3.63, 3.8) is 0 Å². The van der Waals surface area contributed by atoms with E-state index >= 15 is 0 Å². The molecule has 8 heteroatoms. The number of ether oxygens (including phenoxy) is 1. The first-order valence-electron chi connectivity index (χ1n) is 10.7. The number of aliphatic hydroxyl groups excluding tert-OH is 1. The molecule has 33 heavy (non-hydrogen) atoms.